The Morgan fingerprint density at radius 1 is 0.619 bits per heavy atom. The van der Waals surface area contributed by atoms with Crippen LogP contribution in [0.15, 0.2) is 0 Å². The molecule has 0 aliphatic carbocycles. The minimum atomic E-state index is -1.54. The third-order valence-corrected chi connectivity index (χ3v) is 3.99. The number of Topliss-reactive ketones (excluding diaryl/α,β-unsaturated/α-hetero) is 1. The van der Waals surface area contributed by atoms with Crippen LogP contribution in [0, 0.1) is 0 Å². The second kappa shape index (κ2) is 15.5. The number of hydrogen-bond donors (Lipinski definition) is 0. The van der Waals surface area contributed by atoms with Gasteiger partial charge in [0.1, 0.15) is 5.97 Å². The van der Waals surface area contributed by atoms with Crippen LogP contribution in [0.4, 0.5) is 0 Å². The first-order valence-corrected chi connectivity index (χ1v) is 8.92. The van der Waals surface area contributed by atoms with Gasteiger partial charge in [0.2, 0.25) is 0 Å². The van der Waals surface area contributed by atoms with Gasteiger partial charge in [-0.3, -0.25) is 4.79 Å². The van der Waals surface area contributed by atoms with Gasteiger partial charge in [-0.15, -0.1) is 0 Å². The number of ketones is 1. The number of carboxylic acid groups (broad SMARTS) is 1. The van der Waals surface area contributed by atoms with Gasteiger partial charge in [-0.1, -0.05) is 90.4 Å². The molecule has 0 bridgehead atoms. The Bertz CT molecular complexity index is 261. The summed E-state index contributed by atoms with van der Waals surface area (Å²) in [4.78, 5) is 21.0. The maximum atomic E-state index is 10.8. The van der Waals surface area contributed by atoms with Gasteiger partial charge in [0.05, 0.1) is 0 Å². The Labute approximate surface area is 130 Å². The van der Waals surface area contributed by atoms with Crippen molar-refractivity contribution in [3.63, 3.8) is 0 Å². The molecule has 0 saturated carbocycles. The van der Waals surface area contributed by atoms with Crippen molar-refractivity contribution < 1.29 is 14.7 Å². The quantitative estimate of drug-likeness (QED) is 0.317. The zero-order valence-corrected chi connectivity index (χ0v) is 13.8. The van der Waals surface area contributed by atoms with Crippen LogP contribution < -0.4 is 5.11 Å². The average Bonchev–Trinajstić information content (AvgIpc) is 2.47. The van der Waals surface area contributed by atoms with Crippen LogP contribution >= 0.6 is 0 Å². The molecule has 0 amide bonds. The summed E-state index contributed by atoms with van der Waals surface area (Å²) in [6, 6.07) is 0. The van der Waals surface area contributed by atoms with Gasteiger partial charge >= 0.3 is 0 Å². The number of rotatable bonds is 16. The van der Waals surface area contributed by atoms with E-state index in [2.05, 4.69) is 6.92 Å². The van der Waals surface area contributed by atoms with E-state index in [-0.39, 0.29) is 6.42 Å². The van der Waals surface area contributed by atoms with Gasteiger partial charge in [0.15, 0.2) is 5.78 Å². The summed E-state index contributed by atoms with van der Waals surface area (Å²) in [6.07, 6.45) is 17.7. The fraction of sp³-hybridized carbons (Fsp3) is 0.889. The summed E-state index contributed by atoms with van der Waals surface area (Å²) in [5.74, 6) is -2.29. The Morgan fingerprint density at radius 2 is 0.952 bits per heavy atom. The zero-order chi connectivity index (χ0) is 15.8. The first-order valence-electron chi connectivity index (χ1n) is 8.92. The maximum absolute atomic E-state index is 10.8. The van der Waals surface area contributed by atoms with Gasteiger partial charge in [0.25, 0.3) is 0 Å². The third-order valence-electron chi connectivity index (χ3n) is 3.99. The lowest BCUT2D eigenvalue weighted by molar-refractivity contribution is -0.300. The van der Waals surface area contributed by atoms with E-state index in [4.69, 9.17) is 0 Å². The average molecular weight is 297 g/mol. The summed E-state index contributed by atoms with van der Waals surface area (Å²) in [6.45, 7) is 2.25. The van der Waals surface area contributed by atoms with E-state index < -0.39 is 11.8 Å². The van der Waals surface area contributed by atoms with Crippen LogP contribution in [-0.2, 0) is 9.59 Å². The molecule has 0 aromatic heterocycles. The molecule has 3 nitrogen and oxygen atoms in total. The molecular formula is C18H33O3-. The first-order chi connectivity index (χ1) is 10.2. The van der Waals surface area contributed by atoms with Crippen molar-refractivity contribution in [3.05, 3.63) is 0 Å². The van der Waals surface area contributed by atoms with Crippen molar-refractivity contribution in [1.82, 2.24) is 0 Å². The van der Waals surface area contributed by atoms with Crippen LogP contribution in [0.1, 0.15) is 103 Å². The molecule has 0 N–H and O–H groups in total. The zero-order valence-electron chi connectivity index (χ0n) is 13.8. The molecule has 0 aliphatic rings. The highest BCUT2D eigenvalue weighted by Crippen LogP contribution is 2.13. The van der Waals surface area contributed by atoms with E-state index >= 15 is 0 Å². The fourth-order valence-electron chi connectivity index (χ4n) is 2.58. The molecule has 0 unspecified atom stereocenters. The Hall–Kier alpha value is -0.860. The van der Waals surface area contributed by atoms with Crippen LogP contribution in [-0.4, -0.2) is 11.8 Å². The standard InChI is InChI=1S/C18H34O3/c1-2-3-4-5-6-7-8-9-10-11-12-13-14-15-16-17(19)18(20)21/h2-16H2,1H3,(H,20,21)/p-1. The molecule has 0 aromatic rings. The molecule has 3 heteroatoms. The Morgan fingerprint density at radius 3 is 1.29 bits per heavy atom. The molecule has 0 heterocycles. The van der Waals surface area contributed by atoms with E-state index in [0.717, 1.165) is 12.8 Å². The highest BCUT2D eigenvalue weighted by Gasteiger charge is 2.01. The van der Waals surface area contributed by atoms with E-state index in [9.17, 15) is 14.7 Å². The summed E-state index contributed by atoms with van der Waals surface area (Å²) < 4.78 is 0. The number of carboxylic acids is 1. The van der Waals surface area contributed by atoms with Gasteiger partial charge in [-0.2, -0.15) is 0 Å². The van der Waals surface area contributed by atoms with Crippen molar-refractivity contribution >= 4 is 11.8 Å². The normalized spacial score (nSPS) is 10.7. The molecule has 0 saturated heterocycles. The molecule has 21 heavy (non-hydrogen) atoms. The molecular weight excluding hydrogens is 264 g/mol. The van der Waals surface area contributed by atoms with Gasteiger partial charge in [-0.25, -0.2) is 0 Å². The van der Waals surface area contributed by atoms with Gasteiger partial charge < -0.3 is 9.90 Å². The molecule has 0 aliphatic heterocycles. The number of unbranched alkanes of at least 4 members (excludes halogenated alkanes) is 13. The Balaban J connectivity index is 3.06. The molecule has 0 spiro atoms. The third kappa shape index (κ3) is 15.3. The maximum Gasteiger partial charge on any atom is 0.178 e. The van der Waals surface area contributed by atoms with Crippen LogP contribution in [0.3, 0.4) is 0 Å². The molecule has 0 radical (unpaired) electrons. The lowest BCUT2D eigenvalue weighted by Crippen LogP contribution is -2.31. The van der Waals surface area contributed by atoms with Crippen molar-refractivity contribution in [1.29, 1.82) is 0 Å². The van der Waals surface area contributed by atoms with Gasteiger partial charge in [-0.05, 0) is 6.42 Å². The van der Waals surface area contributed by atoms with E-state index in [1.54, 1.807) is 0 Å². The van der Waals surface area contributed by atoms with E-state index in [0.29, 0.717) is 6.42 Å². The number of aliphatic carboxylic acids is 1. The predicted octanol–water partition coefficient (Wildman–Crippen LogP) is 4.18. The van der Waals surface area contributed by atoms with Crippen LogP contribution in [0.2, 0.25) is 0 Å². The topological polar surface area (TPSA) is 57.2 Å². The minimum absolute atomic E-state index is 0.139. The predicted molar refractivity (Wildman–Crippen MR) is 84.9 cm³/mol. The number of carbonyl (C=O) groups is 2. The smallest absolute Gasteiger partial charge is 0.178 e. The molecule has 124 valence electrons. The SMILES string of the molecule is CCCCCCCCCCCCCCCCC(=O)C(=O)[O-]. The van der Waals surface area contributed by atoms with E-state index in [1.165, 1.54) is 70.6 Å². The van der Waals surface area contributed by atoms with Crippen molar-refractivity contribution in [2.45, 2.75) is 103 Å². The summed E-state index contributed by atoms with van der Waals surface area (Å²) in [7, 11) is 0. The van der Waals surface area contributed by atoms with Crippen LogP contribution in [0.25, 0.3) is 0 Å². The summed E-state index contributed by atoms with van der Waals surface area (Å²) in [5, 5.41) is 10.2. The largest absolute Gasteiger partial charge is 0.542 e. The lowest BCUT2D eigenvalue weighted by Gasteiger charge is -2.03. The number of carbonyl (C=O) groups excluding carboxylic acids is 2. The molecule has 0 fully saturated rings. The second-order valence-corrected chi connectivity index (χ2v) is 6.06. The van der Waals surface area contributed by atoms with Crippen molar-refractivity contribution in [3.8, 4) is 0 Å². The summed E-state index contributed by atoms with van der Waals surface area (Å²) >= 11 is 0. The lowest BCUT2D eigenvalue weighted by atomic mass is 10.0. The van der Waals surface area contributed by atoms with Crippen molar-refractivity contribution in [2.24, 2.45) is 0 Å². The second-order valence-electron chi connectivity index (χ2n) is 6.06. The molecule has 0 rings (SSSR count). The molecule has 0 atom stereocenters. The highest BCUT2D eigenvalue weighted by atomic mass is 16.4. The minimum Gasteiger partial charge on any atom is -0.542 e. The first kappa shape index (κ1) is 20.1. The highest BCUT2D eigenvalue weighted by molar-refractivity contribution is 6.31. The number of hydrogen-bond acceptors (Lipinski definition) is 3. The Kier molecular flexibility index (Phi) is 14.9. The van der Waals surface area contributed by atoms with E-state index in [1.807, 2.05) is 0 Å². The summed E-state index contributed by atoms with van der Waals surface area (Å²) in [5.41, 5.74) is 0. The molecule has 0 aromatic carbocycles. The monoisotopic (exact) mass is 297 g/mol. The van der Waals surface area contributed by atoms with Crippen LogP contribution in [0.5, 0.6) is 0 Å². The van der Waals surface area contributed by atoms with Crippen molar-refractivity contribution in [2.75, 3.05) is 0 Å². The van der Waals surface area contributed by atoms with Gasteiger partial charge in [0, 0.05) is 6.42 Å². The fourth-order valence-corrected chi connectivity index (χ4v) is 2.58.